The highest BCUT2D eigenvalue weighted by molar-refractivity contribution is 5.95. The van der Waals surface area contributed by atoms with Crippen molar-refractivity contribution < 1.29 is 9.53 Å². The molecule has 0 spiro atoms. The lowest BCUT2D eigenvalue weighted by Crippen LogP contribution is -2.27. The predicted molar refractivity (Wildman–Crippen MR) is 107 cm³/mol. The summed E-state index contributed by atoms with van der Waals surface area (Å²) in [5.41, 5.74) is 2.40. The van der Waals surface area contributed by atoms with E-state index < -0.39 is 0 Å². The molecule has 3 heterocycles. The van der Waals surface area contributed by atoms with E-state index >= 15 is 0 Å². The quantitative estimate of drug-likeness (QED) is 0.738. The van der Waals surface area contributed by atoms with E-state index in [1.54, 1.807) is 43.6 Å². The fraction of sp³-hybridized carbons (Fsp3) is 0.286. The van der Waals surface area contributed by atoms with Gasteiger partial charge >= 0.3 is 0 Å². The Hall–Kier alpha value is -3.35. The third kappa shape index (κ3) is 3.55. The van der Waals surface area contributed by atoms with E-state index in [0.29, 0.717) is 34.9 Å². The number of hydrogen-bond acceptors (Lipinski definition) is 5. The molecule has 7 nitrogen and oxygen atoms in total. The number of carbonyl (C=O) groups is 1. The predicted octanol–water partition coefficient (Wildman–Crippen LogP) is 2.55. The number of nitrogens with one attached hydrogen (secondary N) is 1. The van der Waals surface area contributed by atoms with Crippen molar-refractivity contribution in [2.45, 2.75) is 19.4 Å². The Labute approximate surface area is 162 Å². The van der Waals surface area contributed by atoms with E-state index in [1.807, 2.05) is 11.0 Å². The summed E-state index contributed by atoms with van der Waals surface area (Å²) in [5, 5.41) is 3.25. The average Bonchev–Trinajstić information content (AvgIpc) is 3.26. The van der Waals surface area contributed by atoms with Crippen molar-refractivity contribution in [2.75, 3.05) is 25.5 Å². The van der Waals surface area contributed by atoms with E-state index in [1.165, 1.54) is 10.5 Å². The fourth-order valence-corrected chi connectivity index (χ4v) is 3.46. The normalized spacial score (nSPS) is 13.7. The Morgan fingerprint density at radius 3 is 2.79 bits per heavy atom. The number of fused-ring (bicyclic) bond motifs is 1. The van der Waals surface area contributed by atoms with Crippen LogP contribution in [-0.2, 0) is 6.54 Å². The number of methoxy groups -OCH3 is 1. The zero-order chi connectivity index (χ0) is 19.5. The van der Waals surface area contributed by atoms with Gasteiger partial charge in [0.25, 0.3) is 11.5 Å². The van der Waals surface area contributed by atoms with Crippen molar-refractivity contribution in [2.24, 2.45) is 0 Å². The van der Waals surface area contributed by atoms with Crippen molar-refractivity contribution in [3.05, 3.63) is 70.3 Å². The Morgan fingerprint density at radius 1 is 1.18 bits per heavy atom. The second-order valence-corrected chi connectivity index (χ2v) is 6.78. The van der Waals surface area contributed by atoms with Crippen LogP contribution in [-0.4, -0.2) is 40.4 Å². The second kappa shape index (κ2) is 7.72. The zero-order valence-corrected chi connectivity index (χ0v) is 15.7. The van der Waals surface area contributed by atoms with Gasteiger partial charge < -0.3 is 15.0 Å². The van der Waals surface area contributed by atoms with Crippen LogP contribution in [0, 0.1) is 0 Å². The lowest BCUT2D eigenvalue weighted by Gasteiger charge is -2.17. The number of hydrogen-bond donors (Lipinski definition) is 1. The van der Waals surface area contributed by atoms with Gasteiger partial charge in [-0.15, -0.1) is 0 Å². The molecule has 0 aliphatic carbocycles. The fourth-order valence-electron chi connectivity index (χ4n) is 3.46. The lowest BCUT2D eigenvalue weighted by atomic mass is 10.1. The number of pyridine rings is 1. The van der Waals surface area contributed by atoms with Crippen LogP contribution in [0.2, 0.25) is 0 Å². The standard InChI is InChI=1S/C21H22N4O3/c1-28-18-8-7-15(21(27)24-9-4-5-10-24)12-17(18)22-14-16-13-20(26)25-11-3-2-6-19(25)23-16/h2-3,6-8,11-13,22H,4-5,9-10,14H2,1H3. The molecule has 0 radical (unpaired) electrons. The molecule has 1 saturated heterocycles. The van der Waals surface area contributed by atoms with E-state index in [0.717, 1.165) is 25.9 Å². The van der Waals surface area contributed by atoms with Crippen LogP contribution in [0.1, 0.15) is 28.9 Å². The first kappa shape index (κ1) is 18.0. The van der Waals surface area contributed by atoms with Gasteiger partial charge in [-0.05, 0) is 43.2 Å². The molecule has 4 rings (SSSR count). The number of benzene rings is 1. The molecular weight excluding hydrogens is 356 g/mol. The van der Waals surface area contributed by atoms with Crippen LogP contribution >= 0.6 is 0 Å². The Balaban J connectivity index is 1.57. The van der Waals surface area contributed by atoms with Crippen molar-refractivity contribution in [3.8, 4) is 5.75 Å². The summed E-state index contributed by atoms with van der Waals surface area (Å²) in [6, 6.07) is 12.3. The number of anilines is 1. The first-order valence-electron chi connectivity index (χ1n) is 9.34. The number of aromatic nitrogens is 2. The molecule has 3 aromatic rings. The SMILES string of the molecule is COc1ccc(C(=O)N2CCCC2)cc1NCc1cc(=O)n2ccccc2n1. The topological polar surface area (TPSA) is 75.9 Å². The highest BCUT2D eigenvalue weighted by Gasteiger charge is 2.20. The van der Waals surface area contributed by atoms with E-state index in [-0.39, 0.29) is 11.5 Å². The van der Waals surface area contributed by atoms with Crippen LogP contribution in [0.15, 0.2) is 53.5 Å². The summed E-state index contributed by atoms with van der Waals surface area (Å²) in [6.07, 6.45) is 3.80. The van der Waals surface area contributed by atoms with Gasteiger partial charge in [0, 0.05) is 30.9 Å². The molecule has 1 amide bonds. The van der Waals surface area contributed by atoms with Crippen molar-refractivity contribution in [3.63, 3.8) is 0 Å². The number of carbonyl (C=O) groups excluding carboxylic acids is 1. The Kier molecular flexibility index (Phi) is 4.97. The molecule has 0 saturated carbocycles. The maximum atomic E-state index is 12.7. The molecule has 1 N–H and O–H groups in total. The van der Waals surface area contributed by atoms with Crippen LogP contribution in [0.4, 0.5) is 5.69 Å². The number of likely N-dealkylation sites (tertiary alicyclic amines) is 1. The van der Waals surface area contributed by atoms with Gasteiger partial charge in [-0.25, -0.2) is 4.98 Å². The number of ether oxygens (including phenoxy) is 1. The average molecular weight is 378 g/mol. The first-order valence-corrected chi connectivity index (χ1v) is 9.34. The van der Waals surface area contributed by atoms with Crippen LogP contribution in [0.25, 0.3) is 5.65 Å². The van der Waals surface area contributed by atoms with Crippen molar-refractivity contribution in [1.82, 2.24) is 14.3 Å². The highest BCUT2D eigenvalue weighted by Crippen LogP contribution is 2.27. The summed E-state index contributed by atoms with van der Waals surface area (Å²) in [6.45, 7) is 1.95. The molecule has 28 heavy (non-hydrogen) atoms. The van der Waals surface area contributed by atoms with Gasteiger partial charge in [0.1, 0.15) is 11.4 Å². The molecule has 0 atom stereocenters. The van der Waals surface area contributed by atoms with Crippen LogP contribution in [0.3, 0.4) is 0 Å². The van der Waals surface area contributed by atoms with Crippen molar-refractivity contribution >= 4 is 17.2 Å². The van der Waals surface area contributed by atoms with Gasteiger partial charge in [-0.1, -0.05) is 6.07 Å². The molecule has 0 unspecified atom stereocenters. The largest absolute Gasteiger partial charge is 0.495 e. The number of rotatable bonds is 5. The monoisotopic (exact) mass is 378 g/mol. The molecule has 144 valence electrons. The van der Waals surface area contributed by atoms with Gasteiger partial charge in [-0.2, -0.15) is 0 Å². The second-order valence-electron chi connectivity index (χ2n) is 6.78. The third-order valence-electron chi connectivity index (χ3n) is 4.92. The summed E-state index contributed by atoms with van der Waals surface area (Å²) < 4.78 is 6.91. The molecule has 1 aliphatic heterocycles. The van der Waals surface area contributed by atoms with E-state index in [2.05, 4.69) is 10.3 Å². The van der Waals surface area contributed by atoms with E-state index in [4.69, 9.17) is 4.74 Å². The van der Waals surface area contributed by atoms with Gasteiger partial charge in [0.15, 0.2) is 0 Å². The van der Waals surface area contributed by atoms with E-state index in [9.17, 15) is 9.59 Å². The lowest BCUT2D eigenvalue weighted by molar-refractivity contribution is 0.0793. The van der Waals surface area contributed by atoms with Gasteiger partial charge in [0.05, 0.1) is 25.0 Å². The summed E-state index contributed by atoms with van der Waals surface area (Å²) in [4.78, 5) is 31.3. The summed E-state index contributed by atoms with van der Waals surface area (Å²) in [7, 11) is 1.59. The molecule has 1 aliphatic rings. The minimum Gasteiger partial charge on any atom is -0.495 e. The third-order valence-corrected chi connectivity index (χ3v) is 4.92. The number of nitrogens with zero attached hydrogens (tertiary/aromatic N) is 3. The van der Waals surface area contributed by atoms with Gasteiger partial charge in [-0.3, -0.25) is 14.0 Å². The molecule has 1 aromatic carbocycles. The molecule has 1 fully saturated rings. The van der Waals surface area contributed by atoms with Crippen LogP contribution < -0.4 is 15.6 Å². The molecule has 0 bridgehead atoms. The molecule has 7 heteroatoms. The minimum absolute atomic E-state index is 0.0327. The van der Waals surface area contributed by atoms with Crippen LogP contribution in [0.5, 0.6) is 5.75 Å². The minimum atomic E-state index is -0.132. The summed E-state index contributed by atoms with van der Waals surface area (Å²) >= 11 is 0. The first-order chi connectivity index (χ1) is 13.7. The van der Waals surface area contributed by atoms with Crippen molar-refractivity contribution in [1.29, 1.82) is 0 Å². The zero-order valence-electron chi connectivity index (χ0n) is 15.7. The Bertz CT molecular complexity index is 1070. The number of amides is 1. The maximum absolute atomic E-state index is 12.7. The maximum Gasteiger partial charge on any atom is 0.258 e. The summed E-state index contributed by atoms with van der Waals surface area (Å²) in [5.74, 6) is 0.667. The van der Waals surface area contributed by atoms with Gasteiger partial charge in [0.2, 0.25) is 0 Å². The Morgan fingerprint density at radius 2 is 2.00 bits per heavy atom. The highest BCUT2D eigenvalue weighted by atomic mass is 16.5. The smallest absolute Gasteiger partial charge is 0.258 e. The molecule has 2 aromatic heterocycles. The molecular formula is C21H22N4O3.